The van der Waals surface area contributed by atoms with Crippen LogP contribution in [0.5, 0.6) is 0 Å². The highest BCUT2D eigenvalue weighted by atomic mass is 32.1. The van der Waals surface area contributed by atoms with Crippen molar-refractivity contribution in [2.24, 2.45) is 0 Å². The van der Waals surface area contributed by atoms with Crippen LogP contribution in [-0.2, 0) is 6.42 Å². The first kappa shape index (κ1) is 20.4. The maximum absolute atomic E-state index is 12.9. The van der Waals surface area contributed by atoms with E-state index in [-0.39, 0.29) is 5.91 Å². The van der Waals surface area contributed by atoms with Gasteiger partial charge in [0.25, 0.3) is 5.91 Å². The largest absolute Gasteiger partial charge is 0.361 e. The summed E-state index contributed by atoms with van der Waals surface area (Å²) < 4.78 is 0. The second kappa shape index (κ2) is 9.77. The average Bonchev–Trinajstić information content (AvgIpc) is 2.83. The first-order valence-corrected chi connectivity index (χ1v) is 10.3. The predicted molar refractivity (Wildman–Crippen MR) is 126 cm³/mol. The molecule has 0 aliphatic heterocycles. The second-order valence-corrected chi connectivity index (χ2v) is 7.29. The summed E-state index contributed by atoms with van der Waals surface area (Å²) in [6, 6.07) is 23.2. The third kappa shape index (κ3) is 5.21. The molecule has 0 atom stereocenters. The number of pyridine rings is 2. The van der Waals surface area contributed by atoms with Gasteiger partial charge < -0.3 is 5.32 Å². The van der Waals surface area contributed by atoms with E-state index in [1.54, 1.807) is 18.5 Å². The lowest BCUT2D eigenvalue weighted by molar-refractivity contribution is 0.0945. The molecule has 4 aromatic rings. The standard InChI is InChI=1S/C24H21N5OS/c30-23(28-29-24(31)26-15-10-17-6-2-1-3-7-17)20-16-22(18-11-13-25-14-12-18)27-21-9-5-4-8-19(20)21/h1-9,11-14,16H,10,15H2,(H,28,30)(H2,26,29,31). The van der Waals surface area contributed by atoms with E-state index in [1.165, 1.54) is 5.56 Å². The number of aromatic nitrogens is 2. The maximum Gasteiger partial charge on any atom is 0.270 e. The lowest BCUT2D eigenvalue weighted by Crippen LogP contribution is -2.47. The SMILES string of the molecule is O=C(NNC(=S)NCCc1ccccc1)c1cc(-c2ccncc2)nc2ccccc12. The molecule has 0 unspecified atom stereocenters. The van der Waals surface area contributed by atoms with Crippen molar-refractivity contribution in [3.63, 3.8) is 0 Å². The van der Waals surface area contributed by atoms with E-state index >= 15 is 0 Å². The summed E-state index contributed by atoms with van der Waals surface area (Å²) in [4.78, 5) is 21.7. The van der Waals surface area contributed by atoms with E-state index in [9.17, 15) is 4.79 Å². The number of rotatable bonds is 5. The molecule has 0 aliphatic carbocycles. The highest BCUT2D eigenvalue weighted by Crippen LogP contribution is 2.24. The van der Waals surface area contributed by atoms with Gasteiger partial charge in [-0.25, -0.2) is 4.98 Å². The number of nitrogens with one attached hydrogen (secondary N) is 3. The Morgan fingerprint density at radius 3 is 2.45 bits per heavy atom. The Kier molecular flexibility index (Phi) is 6.44. The highest BCUT2D eigenvalue weighted by Gasteiger charge is 2.14. The van der Waals surface area contributed by atoms with E-state index in [2.05, 4.69) is 38.3 Å². The fourth-order valence-electron chi connectivity index (χ4n) is 3.22. The average molecular weight is 428 g/mol. The molecular formula is C24H21N5OS. The summed E-state index contributed by atoms with van der Waals surface area (Å²) in [6.45, 7) is 0.663. The molecule has 0 bridgehead atoms. The minimum atomic E-state index is -0.291. The zero-order valence-electron chi connectivity index (χ0n) is 16.7. The van der Waals surface area contributed by atoms with Crippen LogP contribution in [0.4, 0.5) is 0 Å². The fourth-order valence-corrected chi connectivity index (χ4v) is 3.38. The van der Waals surface area contributed by atoms with Gasteiger partial charge in [0.15, 0.2) is 5.11 Å². The molecule has 0 radical (unpaired) electrons. The summed E-state index contributed by atoms with van der Waals surface area (Å²) >= 11 is 5.28. The molecule has 0 saturated carbocycles. The third-order valence-corrected chi connectivity index (χ3v) is 5.01. The monoisotopic (exact) mass is 427 g/mol. The van der Waals surface area contributed by atoms with Gasteiger partial charge in [0.05, 0.1) is 16.8 Å². The summed E-state index contributed by atoms with van der Waals surface area (Å²) in [5, 5.41) is 4.22. The van der Waals surface area contributed by atoms with E-state index in [1.807, 2.05) is 54.6 Å². The summed E-state index contributed by atoms with van der Waals surface area (Å²) in [5.74, 6) is -0.291. The molecule has 6 nitrogen and oxygen atoms in total. The Morgan fingerprint density at radius 1 is 0.903 bits per heavy atom. The number of thiocarbonyl (C=S) groups is 1. The molecular weight excluding hydrogens is 406 g/mol. The van der Waals surface area contributed by atoms with E-state index in [0.717, 1.165) is 22.9 Å². The molecule has 2 heterocycles. The van der Waals surface area contributed by atoms with E-state index in [0.29, 0.717) is 22.9 Å². The van der Waals surface area contributed by atoms with Gasteiger partial charge in [0, 0.05) is 29.9 Å². The molecule has 154 valence electrons. The van der Waals surface area contributed by atoms with Crippen molar-refractivity contribution in [1.29, 1.82) is 0 Å². The zero-order chi connectivity index (χ0) is 21.5. The summed E-state index contributed by atoms with van der Waals surface area (Å²) in [6.07, 6.45) is 4.24. The topological polar surface area (TPSA) is 78.9 Å². The molecule has 2 aromatic heterocycles. The number of fused-ring (bicyclic) bond motifs is 1. The first-order valence-electron chi connectivity index (χ1n) is 9.89. The van der Waals surface area contributed by atoms with Crippen LogP contribution in [0.2, 0.25) is 0 Å². The number of benzene rings is 2. The number of amides is 1. The third-order valence-electron chi connectivity index (χ3n) is 4.77. The van der Waals surface area contributed by atoms with Gasteiger partial charge in [-0.3, -0.25) is 20.6 Å². The minimum absolute atomic E-state index is 0.291. The van der Waals surface area contributed by atoms with Gasteiger partial charge in [-0.2, -0.15) is 0 Å². The van der Waals surface area contributed by atoms with Gasteiger partial charge in [-0.1, -0.05) is 48.5 Å². The Balaban J connectivity index is 1.44. The van der Waals surface area contributed by atoms with Crippen LogP contribution >= 0.6 is 12.2 Å². The van der Waals surface area contributed by atoms with Crippen LogP contribution in [-0.4, -0.2) is 27.5 Å². The predicted octanol–water partition coefficient (Wildman–Crippen LogP) is 3.65. The van der Waals surface area contributed by atoms with E-state index < -0.39 is 0 Å². The Hall–Kier alpha value is -3.84. The van der Waals surface area contributed by atoms with E-state index in [4.69, 9.17) is 12.2 Å². The molecule has 4 rings (SSSR count). The molecule has 0 saturated heterocycles. The molecule has 1 amide bonds. The zero-order valence-corrected chi connectivity index (χ0v) is 17.5. The van der Waals surface area contributed by atoms with Crippen LogP contribution in [0.15, 0.2) is 85.2 Å². The molecule has 2 aromatic carbocycles. The number of para-hydroxylation sites is 1. The van der Waals surface area contributed by atoms with Crippen molar-refractivity contribution in [3.05, 3.63) is 96.3 Å². The van der Waals surface area contributed by atoms with Crippen molar-refractivity contribution in [2.45, 2.75) is 6.42 Å². The van der Waals surface area contributed by atoms with Gasteiger partial charge >= 0.3 is 0 Å². The van der Waals surface area contributed by atoms with Crippen LogP contribution in [0.25, 0.3) is 22.2 Å². The molecule has 0 spiro atoms. The quantitative estimate of drug-likeness (QED) is 0.333. The van der Waals surface area contributed by atoms with Crippen LogP contribution in [0, 0.1) is 0 Å². The minimum Gasteiger partial charge on any atom is -0.361 e. The lowest BCUT2D eigenvalue weighted by Gasteiger charge is -2.13. The van der Waals surface area contributed by atoms with Gasteiger partial charge in [0.1, 0.15) is 0 Å². The number of hydrazine groups is 1. The van der Waals surface area contributed by atoms with Crippen LogP contribution in [0.1, 0.15) is 15.9 Å². The smallest absolute Gasteiger partial charge is 0.270 e. The molecule has 31 heavy (non-hydrogen) atoms. The van der Waals surface area contributed by atoms with Crippen molar-refractivity contribution in [2.75, 3.05) is 6.54 Å². The number of carbonyl (C=O) groups excluding carboxylic acids is 1. The maximum atomic E-state index is 12.9. The molecule has 3 N–H and O–H groups in total. The first-order chi connectivity index (χ1) is 15.2. The van der Waals surface area contributed by atoms with Crippen molar-refractivity contribution >= 4 is 34.1 Å². The molecule has 7 heteroatoms. The number of hydrogen-bond donors (Lipinski definition) is 3. The number of carbonyl (C=O) groups is 1. The Bertz CT molecular complexity index is 1200. The molecule has 0 aliphatic rings. The summed E-state index contributed by atoms with van der Waals surface area (Å²) in [5.41, 5.74) is 9.53. The Morgan fingerprint density at radius 2 is 1.65 bits per heavy atom. The molecule has 0 fully saturated rings. The fraction of sp³-hybridized carbons (Fsp3) is 0.0833. The summed E-state index contributed by atoms with van der Waals surface area (Å²) in [7, 11) is 0. The highest BCUT2D eigenvalue weighted by molar-refractivity contribution is 7.80. The lowest BCUT2D eigenvalue weighted by atomic mass is 10.0. The van der Waals surface area contributed by atoms with Crippen molar-refractivity contribution < 1.29 is 4.79 Å². The van der Waals surface area contributed by atoms with Crippen molar-refractivity contribution in [1.82, 2.24) is 26.1 Å². The Labute approximate surface area is 185 Å². The normalized spacial score (nSPS) is 10.5. The van der Waals surface area contributed by atoms with Crippen LogP contribution in [0.3, 0.4) is 0 Å². The number of hydrogen-bond acceptors (Lipinski definition) is 4. The van der Waals surface area contributed by atoms with Crippen molar-refractivity contribution in [3.8, 4) is 11.3 Å². The van der Waals surface area contributed by atoms with Gasteiger partial charge in [0.2, 0.25) is 0 Å². The number of nitrogens with zero attached hydrogens (tertiary/aromatic N) is 2. The van der Waals surface area contributed by atoms with Crippen LogP contribution < -0.4 is 16.2 Å². The second-order valence-electron chi connectivity index (χ2n) is 6.88. The van der Waals surface area contributed by atoms with Gasteiger partial charge in [-0.15, -0.1) is 0 Å². The van der Waals surface area contributed by atoms with Gasteiger partial charge in [-0.05, 0) is 48.5 Å².